The Hall–Kier alpha value is -2.45. The highest BCUT2D eigenvalue weighted by Crippen LogP contribution is 2.26. The summed E-state index contributed by atoms with van der Waals surface area (Å²) in [6.07, 6.45) is 2.30. The third-order valence-electron chi connectivity index (χ3n) is 5.56. The number of carbonyl (C=O) groups excluding carboxylic acids is 1. The lowest BCUT2D eigenvalue weighted by Gasteiger charge is -2.29. The molecule has 0 saturated carbocycles. The monoisotopic (exact) mass is 447 g/mol. The van der Waals surface area contributed by atoms with Crippen LogP contribution in [0.4, 0.5) is 10.1 Å². The Labute approximate surface area is 184 Å². The number of rotatable bonds is 8. The minimum absolute atomic E-state index is 0.315. The van der Waals surface area contributed by atoms with E-state index in [-0.39, 0.29) is 11.8 Å². The fraction of sp³-hybridized carbons (Fsp3) is 0.435. The average Bonchev–Trinajstić information content (AvgIpc) is 3.26. The Balaban J connectivity index is 1.79. The van der Waals surface area contributed by atoms with E-state index >= 15 is 0 Å². The van der Waals surface area contributed by atoms with Gasteiger partial charge in [0, 0.05) is 32.4 Å². The molecule has 0 spiro atoms. The van der Waals surface area contributed by atoms with Gasteiger partial charge in [0.2, 0.25) is 15.9 Å². The number of halogens is 1. The standard InChI is InChI=1S/C23H30FN3O3S/c1-17(2)22(25-31(29,30)21-13-7-5-11-19(21)24)23(28)26(3)16-18-10-4-6-12-20(18)27-14-8-9-15-27/h4-7,10-13,17,22,25H,8-9,14-16H2,1-3H3/t22-/m0/s1. The molecule has 1 aliphatic rings. The lowest BCUT2D eigenvalue weighted by Crippen LogP contribution is -2.50. The number of likely N-dealkylation sites (N-methyl/N-ethyl adjacent to an activating group) is 1. The fourth-order valence-corrected chi connectivity index (χ4v) is 5.26. The molecule has 0 aromatic heterocycles. The molecule has 8 heteroatoms. The summed E-state index contributed by atoms with van der Waals surface area (Å²) >= 11 is 0. The molecule has 0 radical (unpaired) electrons. The van der Waals surface area contributed by atoms with Crippen molar-refractivity contribution in [3.05, 3.63) is 59.9 Å². The summed E-state index contributed by atoms with van der Waals surface area (Å²) in [6.45, 7) is 5.87. The van der Waals surface area contributed by atoms with Crippen LogP contribution >= 0.6 is 0 Å². The minimum atomic E-state index is -4.19. The van der Waals surface area contributed by atoms with Crippen molar-refractivity contribution in [1.82, 2.24) is 9.62 Å². The second kappa shape index (κ2) is 9.78. The zero-order valence-corrected chi connectivity index (χ0v) is 19.0. The number of hydrogen-bond donors (Lipinski definition) is 1. The average molecular weight is 448 g/mol. The van der Waals surface area contributed by atoms with Crippen molar-refractivity contribution in [3.8, 4) is 0 Å². The molecule has 2 aromatic carbocycles. The molecule has 3 rings (SSSR count). The van der Waals surface area contributed by atoms with E-state index in [9.17, 15) is 17.6 Å². The van der Waals surface area contributed by atoms with Gasteiger partial charge in [0.15, 0.2) is 0 Å². The fourth-order valence-electron chi connectivity index (χ4n) is 3.85. The van der Waals surface area contributed by atoms with Crippen LogP contribution in [0.3, 0.4) is 0 Å². The second-order valence-corrected chi connectivity index (χ2v) is 9.97. The van der Waals surface area contributed by atoms with Crippen LogP contribution in [0.15, 0.2) is 53.4 Å². The van der Waals surface area contributed by atoms with Crippen molar-refractivity contribution in [1.29, 1.82) is 0 Å². The Kier molecular flexibility index (Phi) is 7.33. The predicted octanol–water partition coefficient (Wildman–Crippen LogP) is 3.39. The molecule has 0 unspecified atom stereocenters. The zero-order valence-electron chi connectivity index (χ0n) is 18.2. The van der Waals surface area contributed by atoms with Gasteiger partial charge in [-0.05, 0) is 42.5 Å². The van der Waals surface area contributed by atoms with Gasteiger partial charge in [0.25, 0.3) is 0 Å². The van der Waals surface area contributed by atoms with Crippen LogP contribution < -0.4 is 9.62 Å². The number of benzene rings is 2. The van der Waals surface area contributed by atoms with Crippen molar-refractivity contribution >= 4 is 21.6 Å². The van der Waals surface area contributed by atoms with Crippen LogP contribution in [0.5, 0.6) is 0 Å². The Morgan fingerprint density at radius 2 is 1.71 bits per heavy atom. The number of amides is 1. The van der Waals surface area contributed by atoms with Gasteiger partial charge in [-0.25, -0.2) is 12.8 Å². The first-order valence-corrected chi connectivity index (χ1v) is 12.0. The van der Waals surface area contributed by atoms with Crippen LogP contribution in [-0.2, 0) is 21.4 Å². The van der Waals surface area contributed by atoms with Gasteiger partial charge in [-0.2, -0.15) is 4.72 Å². The molecular formula is C23H30FN3O3S. The van der Waals surface area contributed by atoms with E-state index in [2.05, 4.69) is 15.7 Å². The molecule has 0 aliphatic carbocycles. The number of sulfonamides is 1. The van der Waals surface area contributed by atoms with Gasteiger partial charge >= 0.3 is 0 Å². The lowest BCUT2D eigenvalue weighted by molar-refractivity contribution is -0.133. The number of anilines is 1. The maximum Gasteiger partial charge on any atom is 0.244 e. The molecule has 1 amide bonds. The Morgan fingerprint density at radius 3 is 2.35 bits per heavy atom. The number of carbonyl (C=O) groups is 1. The first-order chi connectivity index (χ1) is 14.7. The summed E-state index contributed by atoms with van der Waals surface area (Å²) in [5.41, 5.74) is 2.12. The summed E-state index contributed by atoms with van der Waals surface area (Å²) < 4.78 is 42.0. The van der Waals surface area contributed by atoms with E-state index in [0.29, 0.717) is 6.54 Å². The third kappa shape index (κ3) is 5.43. The van der Waals surface area contributed by atoms with Crippen molar-refractivity contribution in [2.24, 2.45) is 5.92 Å². The van der Waals surface area contributed by atoms with E-state index in [1.165, 1.54) is 23.1 Å². The van der Waals surface area contributed by atoms with E-state index in [1.807, 2.05) is 18.2 Å². The van der Waals surface area contributed by atoms with Crippen LogP contribution in [0.2, 0.25) is 0 Å². The van der Waals surface area contributed by atoms with Crippen molar-refractivity contribution in [2.45, 2.75) is 44.2 Å². The van der Waals surface area contributed by atoms with Gasteiger partial charge in [0.05, 0.1) is 0 Å². The van der Waals surface area contributed by atoms with Crippen molar-refractivity contribution in [2.75, 3.05) is 25.0 Å². The number of hydrogen-bond acceptors (Lipinski definition) is 4. The lowest BCUT2D eigenvalue weighted by atomic mass is 10.0. The number of nitrogens with one attached hydrogen (secondary N) is 1. The SMILES string of the molecule is CC(C)[C@H](NS(=O)(=O)c1ccccc1F)C(=O)N(C)Cc1ccccc1N1CCCC1. The summed E-state index contributed by atoms with van der Waals surface area (Å²) in [5.74, 6) is -1.52. The molecule has 2 aromatic rings. The highest BCUT2D eigenvalue weighted by molar-refractivity contribution is 7.89. The molecule has 1 heterocycles. The maximum atomic E-state index is 14.1. The van der Waals surface area contributed by atoms with E-state index in [1.54, 1.807) is 20.9 Å². The molecular weight excluding hydrogens is 417 g/mol. The number of nitrogens with zero attached hydrogens (tertiary/aromatic N) is 2. The molecule has 0 bridgehead atoms. The Morgan fingerprint density at radius 1 is 1.10 bits per heavy atom. The van der Waals surface area contributed by atoms with Gasteiger partial charge in [-0.3, -0.25) is 4.79 Å². The maximum absolute atomic E-state index is 14.1. The molecule has 168 valence electrons. The molecule has 6 nitrogen and oxygen atoms in total. The van der Waals surface area contributed by atoms with Gasteiger partial charge in [0.1, 0.15) is 16.8 Å². The van der Waals surface area contributed by atoms with E-state index in [0.717, 1.165) is 43.2 Å². The second-order valence-electron chi connectivity index (χ2n) is 8.29. The quantitative estimate of drug-likeness (QED) is 0.674. The summed E-state index contributed by atoms with van der Waals surface area (Å²) in [4.78, 5) is 16.6. The highest BCUT2D eigenvalue weighted by atomic mass is 32.2. The van der Waals surface area contributed by atoms with E-state index < -0.39 is 26.8 Å². The highest BCUT2D eigenvalue weighted by Gasteiger charge is 2.32. The zero-order chi connectivity index (χ0) is 22.6. The van der Waals surface area contributed by atoms with Crippen LogP contribution in [0, 0.1) is 11.7 Å². The van der Waals surface area contributed by atoms with Crippen molar-refractivity contribution in [3.63, 3.8) is 0 Å². The van der Waals surface area contributed by atoms with Crippen LogP contribution in [-0.4, -0.2) is 45.4 Å². The summed E-state index contributed by atoms with van der Waals surface area (Å²) in [7, 11) is -2.53. The smallest absolute Gasteiger partial charge is 0.244 e. The van der Waals surface area contributed by atoms with Gasteiger partial charge in [-0.15, -0.1) is 0 Å². The largest absolute Gasteiger partial charge is 0.371 e. The predicted molar refractivity (Wildman–Crippen MR) is 120 cm³/mol. The molecule has 1 N–H and O–H groups in total. The third-order valence-corrected chi connectivity index (χ3v) is 7.04. The number of para-hydroxylation sites is 1. The molecule has 1 aliphatic heterocycles. The molecule has 31 heavy (non-hydrogen) atoms. The first kappa shape index (κ1) is 23.2. The van der Waals surface area contributed by atoms with Crippen LogP contribution in [0.1, 0.15) is 32.3 Å². The Bertz CT molecular complexity index is 1020. The molecule has 1 atom stereocenters. The topological polar surface area (TPSA) is 69.7 Å². The normalized spacial score (nSPS) is 15.3. The van der Waals surface area contributed by atoms with Gasteiger partial charge in [-0.1, -0.05) is 44.2 Å². The van der Waals surface area contributed by atoms with Crippen LogP contribution in [0.25, 0.3) is 0 Å². The summed E-state index contributed by atoms with van der Waals surface area (Å²) in [6, 6.07) is 12.1. The minimum Gasteiger partial charge on any atom is -0.371 e. The summed E-state index contributed by atoms with van der Waals surface area (Å²) in [5, 5.41) is 0. The molecule has 1 fully saturated rings. The van der Waals surface area contributed by atoms with E-state index in [4.69, 9.17) is 0 Å². The first-order valence-electron chi connectivity index (χ1n) is 10.6. The van der Waals surface area contributed by atoms with Gasteiger partial charge < -0.3 is 9.80 Å². The molecule has 1 saturated heterocycles. The van der Waals surface area contributed by atoms with Crippen molar-refractivity contribution < 1.29 is 17.6 Å².